The van der Waals surface area contributed by atoms with Crippen molar-refractivity contribution in [3.63, 3.8) is 0 Å². The van der Waals surface area contributed by atoms with Gasteiger partial charge in [-0.25, -0.2) is 4.79 Å². The molecular formula is C17H12ClNO3S. The number of nitrogens with zero attached hydrogens (tertiary/aromatic N) is 1. The van der Waals surface area contributed by atoms with Crippen LogP contribution in [0.3, 0.4) is 0 Å². The second-order valence-corrected chi connectivity index (χ2v) is 6.29. The van der Waals surface area contributed by atoms with E-state index in [9.17, 15) is 4.79 Å². The van der Waals surface area contributed by atoms with Gasteiger partial charge in [-0.1, -0.05) is 29.8 Å². The van der Waals surface area contributed by atoms with Gasteiger partial charge in [0.2, 0.25) is 0 Å². The van der Waals surface area contributed by atoms with Gasteiger partial charge < -0.3 is 9.47 Å². The molecule has 23 heavy (non-hydrogen) atoms. The molecule has 0 saturated carbocycles. The van der Waals surface area contributed by atoms with Crippen LogP contribution in [0.4, 0.5) is 0 Å². The topological polar surface area (TPSA) is 48.4 Å². The molecule has 0 aliphatic rings. The first-order valence-electron chi connectivity index (χ1n) is 6.80. The number of esters is 1. The third-order valence-electron chi connectivity index (χ3n) is 2.97. The average Bonchev–Trinajstić information content (AvgIpc) is 3.01. The number of halogens is 1. The second kappa shape index (κ2) is 7.26. The van der Waals surface area contributed by atoms with Crippen LogP contribution in [-0.4, -0.2) is 11.0 Å². The largest absolute Gasteiger partial charge is 0.456 e. The second-order valence-electron chi connectivity index (χ2n) is 4.58. The number of carbonyl (C=O) groups is 1. The van der Waals surface area contributed by atoms with Crippen LogP contribution in [0.5, 0.6) is 11.5 Å². The Labute approximate surface area is 142 Å². The molecule has 0 unspecified atom stereocenters. The number of pyridine rings is 1. The fourth-order valence-electron chi connectivity index (χ4n) is 1.90. The highest BCUT2D eigenvalue weighted by Crippen LogP contribution is 2.26. The molecule has 116 valence electrons. The van der Waals surface area contributed by atoms with Gasteiger partial charge in [0.25, 0.3) is 0 Å². The fourth-order valence-corrected chi connectivity index (χ4v) is 2.83. The standard InChI is InChI=1S/C17H12ClNO3S/c18-16-8-7-15(23-16)17(20)21-11-12-4-1-2-6-14(12)22-13-5-3-9-19-10-13/h1-10H,11H2. The van der Waals surface area contributed by atoms with E-state index in [2.05, 4.69) is 4.98 Å². The zero-order valence-electron chi connectivity index (χ0n) is 11.9. The van der Waals surface area contributed by atoms with Crippen LogP contribution in [-0.2, 0) is 11.3 Å². The van der Waals surface area contributed by atoms with E-state index in [1.54, 1.807) is 30.6 Å². The van der Waals surface area contributed by atoms with Gasteiger partial charge in [-0.15, -0.1) is 11.3 Å². The summed E-state index contributed by atoms with van der Waals surface area (Å²) in [7, 11) is 0. The van der Waals surface area contributed by atoms with Crippen LogP contribution in [0, 0.1) is 0 Å². The minimum atomic E-state index is -0.405. The van der Waals surface area contributed by atoms with Gasteiger partial charge in [0, 0.05) is 11.8 Å². The fraction of sp³-hybridized carbons (Fsp3) is 0.0588. The molecule has 0 saturated heterocycles. The molecule has 0 aliphatic heterocycles. The molecule has 0 spiro atoms. The predicted molar refractivity (Wildman–Crippen MR) is 89.2 cm³/mol. The monoisotopic (exact) mass is 345 g/mol. The molecule has 4 nitrogen and oxygen atoms in total. The van der Waals surface area contributed by atoms with Crippen molar-refractivity contribution in [1.82, 2.24) is 4.98 Å². The third kappa shape index (κ3) is 4.09. The van der Waals surface area contributed by atoms with E-state index in [0.717, 1.165) is 5.56 Å². The van der Waals surface area contributed by atoms with Crippen LogP contribution in [0.2, 0.25) is 4.34 Å². The molecule has 1 aromatic carbocycles. The summed E-state index contributed by atoms with van der Waals surface area (Å²) in [5, 5.41) is 0. The number of ether oxygens (including phenoxy) is 2. The molecule has 0 amide bonds. The summed E-state index contributed by atoms with van der Waals surface area (Å²) in [5.41, 5.74) is 0.771. The number of thiophene rings is 1. The summed E-state index contributed by atoms with van der Waals surface area (Å²) >= 11 is 7.01. The van der Waals surface area contributed by atoms with E-state index in [1.165, 1.54) is 11.3 Å². The number of aromatic nitrogens is 1. The van der Waals surface area contributed by atoms with Crippen LogP contribution in [0.1, 0.15) is 15.2 Å². The highest BCUT2D eigenvalue weighted by molar-refractivity contribution is 7.17. The quantitative estimate of drug-likeness (QED) is 0.614. The minimum Gasteiger partial charge on any atom is -0.456 e. The first-order valence-corrected chi connectivity index (χ1v) is 8.00. The Balaban J connectivity index is 1.69. The first-order chi connectivity index (χ1) is 11.2. The van der Waals surface area contributed by atoms with Crippen molar-refractivity contribution in [3.8, 4) is 11.5 Å². The highest BCUT2D eigenvalue weighted by atomic mass is 35.5. The van der Waals surface area contributed by atoms with Crippen LogP contribution < -0.4 is 4.74 Å². The van der Waals surface area contributed by atoms with Gasteiger partial charge in [-0.05, 0) is 30.3 Å². The zero-order valence-corrected chi connectivity index (χ0v) is 13.5. The summed E-state index contributed by atoms with van der Waals surface area (Å²) in [4.78, 5) is 16.5. The van der Waals surface area contributed by atoms with Gasteiger partial charge in [-0.2, -0.15) is 0 Å². The summed E-state index contributed by atoms with van der Waals surface area (Å²) in [5.74, 6) is 0.840. The Morgan fingerprint density at radius 3 is 2.74 bits per heavy atom. The van der Waals surface area contributed by atoms with Gasteiger partial charge in [-0.3, -0.25) is 4.98 Å². The first kappa shape index (κ1) is 15.5. The van der Waals surface area contributed by atoms with Crippen LogP contribution in [0.15, 0.2) is 60.9 Å². The normalized spacial score (nSPS) is 10.3. The molecule has 6 heteroatoms. The predicted octanol–water partition coefficient (Wildman–Crippen LogP) is 4.95. The van der Waals surface area contributed by atoms with E-state index < -0.39 is 5.97 Å². The Morgan fingerprint density at radius 1 is 1.13 bits per heavy atom. The maximum absolute atomic E-state index is 12.0. The lowest BCUT2D eigenvalue weighted by Crippen LogP contribution is -2.04. The molecule has 0 radical (unpaired) electrons. The Bertz CT molecular complexity index is 804. The van der Waals surface area contributed by atoms with Crippen molar-refractivity contribution >= 4 is 28.9 Å². The van der Waals surface area contributed by atoms with Crippen LogP contribution in [0.25, 0.3) is 0 Å². The number of hydrogen-bond donors (Lipinski definition) is 0. The molecule has 2 aromatic heterocycles. The maximum atomic E-state index is 12.0. The van der Waals surface area contributed by atoms with Gasteiger partial charge >= 0.3 is 5.97 Å². The molecule has 0 N–H and O–H groups in total. The number of benzene rings is 1. The lowest BCUT2D eigenvalue weighted by molar-refractivity contribution is 0.0476. The van der Waals surface area contributed by atoms with Crippen molar-refractivity contribution in [2.45, 2.75) is 6.61 Å². The molecule has 0 fully saturated rings. The summed E-state index contributed by atoms with van der Waals surface area (Å²) in [6.07, 6.45) is 3.29. The van der Waals surface area contributed by atoms with E-state index in [4.69, 9.17) is 21.1 Å². The van der Waals surface area contributed by atoms with E-state index >= 15 is 0 Å². The minimum absolute atomic E-state index is 0.116. The van der Waals surface area contributed by atoms with E-state index in [0.29, 0.717) is 20.7 Å². The Morgan fingerprint density at radius 2 is 2.00 bits per heavy atom. The van der Waals surface area contributed by atoms with Crippen molar-refractivity contribution in [2.24, 2.45) is 0 Å². The number of hydrogen-bond acceptors (Lipinski definition) is 5. The maximum Gasteiger partial charge on any atom is 0.348 e. The van der Waals surface area contributed by atoms with Crippen LogP contribution >= 0.6 is 22.9 Å². The smallest absolute Gasteiger partial charge is 0.348 e. The molecule has 3 aromatic rings. The van der Waals surface area contributed by atoms with E-state index in [-0.39, 0.29) is 6.61 Å². The molecular weight excluding hydrogens is 334 g/mol. The lowest BCUT2D eigenvalue weighted by Gasteiger charge is -2.11. The van der Waals surface area contributed by atoms with Crippen molar-refractivity contribution in [2.75, 3.05) is 0 Å². The highest BCUT2D eigenvalue weighted by Gasteiger charge is 2.12. The SMILES string of the molecule is O=C(OCc1ccccc1Oc1cccnc1)c1ccc(Cl)s1. The molecule has 2 heterocycles. The van der Waals surface area contributed by atoms with E-state index in [1.807, 2.05) is 30.3 Å². The average molecular weight is 346 g/mol. The molecule has 0 atom stereocenters. The van der Waals surface area contributed by atoms with Crippen molar-refractivity contribution in [3.05, 3.63) is 75.7 Å². The Kier molecular flexibility index (Phi) is 4.90. The van der Waals surface area contributed by atoms with Crippen molar-refractivity contribution < 1.29 is 14.3 Å². The van der Waals surface area contributed by atoms with Gasteiger partial charge in [0.1, 0.15) is 23.0 Å². The lowest BCUT2D eigenvalue weighted by atomic mass is 10.2. The number of para-hydroxylation sites is 1. The molecule has 3 rings (SSSR count). The number of rotatable bonds is 5. The Hall–Kier alpha value is -2.37. The zero-order chi connectivity index (χ0) is 16.1. The van der Waals surface area contributed by atoms with Crippen molar-refractivity contribution in [1.29, 1.82) is 0 Å². The summed E-state index contributed by atoms with van der Waals surface area (Å²) < 4.78 is 11.7. The van der Waals surface area contributed by atoms with Gasteiger partial charge in [0.15, 0.2) is 0 Å². The molecule has 0 aliphatic carbocycles. The third-order valence-corrected chi connectivity index (χ3v) is 4.18. The number of carbonyl (C=O) groups excluding carboxylic acids is 1. The molecule has 0 bridgehead atoms. The summed E-state index contributed by atoms with van der Waals surface area (Å²) in [6, 6.07) is 14.3. The van der Waals surface area contributed by atoms with Gasteiger partial charge in [0.05, 0.1) is 10.5 Å². The summed E-state index contributed by atoms with van der Waals surface area (Å²) in [6.45, 7) is 0.116.